The second kappa shape index (κ2) is 11.2. The predicted molar refractivity (Wildman–Crippen MR) is 173 cm³/mol. The molecular weight excluding hydrogens is 646 g/mol. The van der Waals surface area contributed by atoms with E-state index in [1.807, 2.05) is 68.6 Å². The maximum Gasteiger partial charge on any atom is 0.163 e. The van der Waals surface area contributed by atoms with Gasteiger partial charge in [0, 0.05) is 29.6 Å². The quantitative estimate of drug-likeness (QED) is 0.168. The van der Waals surface area contributed by atoms with Gasteiger partial charge in [-0.3, -0.25) is 0 Å². The fourth-order valence-corrected chi connectivity index (χ4v) is 7.10. The third-order valence-corrected chi connectivity index (χ3v) is 9.52. The van der Waals surface area contributed by atoms with Crippen LogP contribution in [0.2, 0.25) is 5.15 Å². The summed E-state index contributed by atoms with van der Waals surface area (Å²) in [5, 5.41) is 5.71. The van der Waals surface area contributed by atoms with Gasteiger partial charge in [-0.25, -0.2) is 15.0 Å². The van der Waals surface area contributed by atoms with E-state index in [-0.39, 0.29) is 23.7 Å². The first-order chi connectivity index (χ1) is 21.1. The van der Waals surface area contributed by atoms with Gasteiger partial charge in [-0.05, 0) is 78.2 Å². The highest BCUT2D eigenvalue weighted by atomic mass is 79.9. The molecule has 1 N–H and O–H groups in total. The molecule has 2 aliphatic rings. The Kier molecular flexibility index (Phi) is 7.43. The fraction of sp³-hybridized carbons (Fsp3) is 0.364. The first-order valence-corrected chi connectivity index (χ1v) is 15.7. The SMILES string of the molecule is COc1ccc(CNc2nc3cc(OC[C@@]4(C)C[C@@H](n5ccc6c(Cl)ncnc65)[C@@H]5OC(C)(C)O[C@@H]54)ccc3cc2Br)cc1. The molecule has 0 bridgehead atoms. The molecule has 2 aromatic carbocycles. The van der Waals surface area contributed by atoms with Gasteiger partial charge in [0.2, 0.25) is 0 Å². The van der Waals surface area contributed by atoms with Crippen molar-refractivity contribution in [3.05, 3.63) is 82.3 Å². The minimum Gasteiger partial charge on any atom is -0.497 e. The number of hydrogen-bond acceptors (Lipinski definition) is 8. The molecule has 5 aromatic rings. The Hall–Kier alpha value is -3.44. The standard InChI is InChI=1S/C33H33BrClN5O4/c1-32(2)43-27-26(40-12-11-23-29(35)37-18-38-31(23)40)15-33(3,28(27)44-32)17-42-22-10-7-20-13-24(34)30(39-25(20)14-22)36-16-19-5-8-21(41-4)9-6-19/h5-14,18,26-28H,15-17H2,1-4H3,(H,36,39)/t26-,27+,28+,33-/m1/s1. The summed E-state index contributed by atoms with van der Waals surface area (Å²) in [7, 11) is 1.67. The zero-order chi connectivity index (χ0) is 30.6. The van der Waals surface area contributed by atoms with Gasteiger partial charge < -0.3 is 28.8 Å². The molecule has 1 aliphatic carbocycles. The predicted octanol–water partition coefficient (Wildman–Crippen LogP) is 7.57. The normalized spacial score (nSPS) is 24.1. The molecule has 4 atom stereocenters. The minimum atomic E-state index is -0.708. The molecule has 0 spiro atoms. The number of benzene rings is 2. The largest absolute Gasteiger partial charge is 0.497 e. The highest BCUT2D eigenvalue weighted by molar-refractivity contribution is 9.10. The highest BCUT2D eigenvalue weighted by Gasteiger charge is 2.60. The van der Waals surface area contributed by atoms with Crippen molar-refractivity contribution in [3.63, 3.8) is 0 Å². The van der Waals surface area contributed by atoms with Crippen LogP contribution in [0.5, 0.6) is 11.5 Å². The van der Waals surface area contributed by atoms with Gasteiger partial charge in [0.1, 0.15) is 40.5 Å². The van der Waals surface area contributed by atoms with Crippen LogP contribution in [0.3, 0.4) is 0 Å². The Morgan fingerprint density at radius 3 is 2.64 bits per heavy atom. The number of ether oxygens (including phenoxy) is 4. The number of halogens is 2. The zero-order valence-corrected chi connectivity index (χ0v) is 27.2. The topological polar surface area (TPSA) is 92.6 Å². The van der Waals surface area contributed by atoms with Gasteiger partial charge in [-0.2, -0.15) is 0 Å². The molecule has 1 saturated carbocycles. The van der Waals surface area contributed by atoms with E-state index in [0.29, 0.717) is 18.3 Å². The molecule has 1 saturated heterocycles. The monoisotopic (exact) mass is 677 g/mol. The Morgan fingerprint density at radius 2 is 1.84 bits per heavy atom. The summed E-state index contributed by atoms with van der Waals surface area (Å²) in [6, 6.07) is 18.0. The second-order valence-electron chi connectivity index (χ2n) is 12.2. The van der Waals surface area contributed by atoms with E-state index in [2.05, 4.69) is 48.8 Å². The fourth-order valence-electron chi connectivity index (χ4n) is 6.44. The number of nitrogens with one attached hydrogen (secondary N) is 1. The molecule has 4 heterocycles. The van der Waals surface area contributed by atoms with Crippen LogP contribution in [-0.4, -0.2) is 51.2 Å². The van der Waals surface area contributed by atoms with Crippen molar-refractivity contribution in [2.75, 3.05) is 19.0 Å². The lowest BCUT2D eigenvalue weighted by atomic mass is 9.87. The number of methoxy groups -OCH3 is 1. The van der Waals surface area contributed by atoms with Crippen LogP contribution in [0.4, 0.5) is 5.82 Å². The number of hydrogen-bond donors (Lipinski definition) is 1. The zero-order valence-electron chi connectivity index (χ0n) is 24.9. The maximum absolute atomic E-state index is 6.51. The van der Waals surface area contributed by atoms with Crippen LogP contribution < -0.4 is 14.8 Å². The number of rotatable bonds is 8. The number of nitrogens with zero attached hydrogens (tertiary/aromatic N) is 4. The van der Waals surface area contributed by atoms with E-state index in [4.69, 9.17) is 35.5 Å². The number of fused-ring (bicyclic) bond motifs is 3. The average Bonchev–Trinajstić information content (AvgIpc) is 3.66. The van der Waals surface area contributed by atoms with E-state index < -0.39 is 5.79 Å². The van der Waals surface area contributed by atoms with Crippen LogP contribution in [0, 0.1) is 5.41 Å². The molecular formula is C33H33BrClN5O4. The van der Waals surface area contributed by atoms with Crippen molar-refractivity contribution in [2.45, 2.75) is 57.8 Å². The summed E-state index contributed by atoms with van der Waals surface area (Å²) < 4.78 is 27.8. The van der Waals surface area contributed by atoms with Crippen molar-refractivity contribution in [1.82, 2.24) is 19.5 Å². The number of pyridine rings is 1. The first kappa shape index (κ1) is 29.3. The van der Waals surface area contributed by atoms with Gasteiger partial charge in [0.05, 0.1) is 41.2 Å². The minimum absolute atomic E-state index is 0.00574. The summed E-state index contributed by atoms with van der Waals surface area (Å²) >= 11 is 10.0. The summed E-state index contributed by atoms with van der Waals surface area (Å²) in [6.07, 6.45) is 3.96. The first-order valence-electron chi connectivity index (χ1n) is 14.6. The molecule has 7 rings (SSSR count). The molecule has 0 unspecified atom stereocenters. The van der Waals surface area contributed by atoms with Crippen molar-refractivity contribution in [2.24, 2.45) is 5.41 Å². The smallest absolute Gasteiger partial charge is 0.163 e. The highest BCUT2D eigenvalue weighted by Crippen LogP contribution is 2.54. The molecule has 3 aromatic heterocycles. The van der Waals surface area contributed by atoms with Gasteiger partial charge in [-0.1, -0.05) is 30.7 Å². The summed E-state index contributed by atoms with van der Waals surface area (Å²) in [4.78, 5) is 13.6. The molecule has 44 heavy (non-hydrogen) atoms. The lowest BCUT2D eigenvalue weighted by Crippen LogP contribution is -2.38. The van der Waals surface area contributed by atoms with Crippen LogP contribution in [0.25, 0.3) is 21.9 Å². The number of aromatic nitrogens is 4. The lowest BCUT2D eigenvalue weighted by Gasteiger charge is -2.31. The van der Waals surface area contributed by atoms with E-state index in [1.165, 1.54) is 6.33 Å². The second-order valence-corrected chi connectivity index (χ2v) is 13.4. The lowest BCUT2D eigenvalue weighted by molar-refractivity contribution is -0.170. The Balaban J connectivity index is 1.11. The van der Waals surface area contributed by atoms with Crippen molar-refractivity contribution < 1.29 is 18.9 Å². The maximum atomic E-state index is 6.51. The van der Waals surface area contributed by atoms with Crippen molar-refractivity contribution in [1.29, 1.82) is 0 Å². The Morgan fingerprint density at radius 1 is 1.05 bits per heavy atom. The summed E-state index contributed by atoms with van der Waals surface area (Å²) in [5.41, 5.74) is 2.43. The van der Waals surface area contributed by atoms with Crippen LogP contribution >= 0.6 is 27.5 Å². The van der Waals surface area contributed by atoms with Gasteiger partial charge in [-0.15, -0.1) is 0 Å². The molecule has 0 amide bonds. The van der Waals surface area contributed by atoms with Crippen molar-refractivity contribution in [3.8, 4) is 11.5 Å². The summed E-state index contributed by atoms with van der Waals surface area (Å²) in [5.74, 6) is 1.64. The third-order valence-electron chi connectivity index (χ3n) is 8.62. The van der Waals surface area contributed by atoms with Gasteiger partial charge in [0.15, 0.2) is 5.79 Å². The van der Waals surface area contributed by atoms with E-state index in [1.54, 1.807) is 7.11 Å². The van der Waals surface area contributed by atoms with E-state index in [0.717, 1.165) is 55.7 Å². The van der Waals surface area contributed by atoms with Gasteiger partial charge >= 0.3 is 0 Å². The molecule has 2 fully saturated rings. The average molecular weight is 679 g/mol. The molecule has 1 aliphatic heterocycles. The van der Waals surface area contributed by atoms with E-state index >= 15 is 0 Å². The Bertz CT molecular complexity index is 1850. The number of anilines is 1. The molecule has 9 nitrogen and oxygen atoms in total. The molecule has 228 valence electrons. The molecule has 11 heteroatoms. The van der Waals surface area contributed by atoms with Gasteiger partial charge in [0.25, 0.3) is 0 Å². The summed E-state index contributed by atoms with van der Waals surface area (Å²) in [6.45, 7) is 7.21. The Labute approximate surface area is 269 Å². The van der Waals surface area contributed by atoms with Crippen LogP contribution in [-0.2, 0) is 16.0 Å². The van der Waals surface area contributed by atoms with E-state index in [9.17, 15) is 0 Å². The van der Waals surface area contributed by atoms with Crippen LogP contribution in [0.1, 0.15) is 38.8 Å². The molecule has 0 radical (unpaired) electrons. The van der Waals surface area contributed by atoms with Crippen LogP contribution in [0.15, 0.2) is 71.6 Å². The van der Waals surface area contributed by atoms with Crippen molar-refractivity contribution >= 4 is 55.3 Å². The third kappa shape index (κ3) is 5.38.